The highest BCUT2D eigenvalue weighted by Crippen LogP contribution is 2.24. The summed E-state index contributed by atoms with van der Waals surface area (Å²) in [7, 11) is -3.76. The molecule has 1 aliphatic heterocycles. The van der Waals surface area contributed by atoms with Gasteiger partial charge in [-0.3, -0.25) is 4.79 Å². The molecule has 1 atom stereocenters. The van der Waals surface area contributed by atoms with E-state index in [0.717, 1.165) is 29.2 Å². The summed E-state index contributed by atoms with van der Waals surface area (Å²) >= 11 is 0. The van der Waals surface area contributed by atoms with Crippen LogP contribution in [0.2, 0.25) is 0 Å². The first-order valence-electron chi connectivity index (χ1n) is 10.5. The molecule has 1 unspecified atom stereocenters. The van der Waals surface area contributed by atoms with E-state index in [0.29, 0.717) is 25.9 Å². The summed E-state index contributed by atoms with van der Waals surface area (Å²) in [6.07, 6.45) is 4.85. The number of aryl methyl sites for hydroxylation is 1. The number of amides is 1. The first-order chi connectivity index (χ1) is 15.3. The van der Waals surface area contributed by atoms with Crippen LogP contribution in [0.3, 0.4) is 0 Å². The van der Waals surface area contributed by atoms with Crippen molar-refractivity contribution in [1.29, 1.82) is 0 Å². The van der Waals surface area contributed by atoms with Gasteiger partial charge in [-0.05, 0) is 61.7 Å². The van der Waals surface area contributed by atoms with Crippen molar-refractivity contribution in [2.45, 2.75) is 31.2 Å². The second-order valence-corrected chi connectivity index (χ2v) is 9.82. The fourth-order valence-corrected chi connectivity index (χ4v) is 5.41. The minimum Gasteiger partial charge on any atom is -0.352 e. The molecule has 0 aliphatic carbocycles. The Morgan fingerprint density at radius 3 is 2.53 bits per heavy atom. The van der Waals surface area contributed by atoms with Gasteiger partial charge in [0.1, 0.15) is 11.6 Å². The Morgan fingerprint density at radius 1 is 1.16 bits per heavy atom. The predicted molar refractivity (Wildman–Crippen MR) is 118 cm³/mol. The molecule has 0 spiro atoms. The van der Waals surface area contributed by atoms with E-state index in [1.807, 2.05) is 42.0 Å². The van der Waals surface area contributed by atoms with Crippen molar-refractivity contribution < 1.29 is 17.6 Å². The summed E-state index contributed by atoms with van der Waals surface area (Å²) in [4.78, 5) is 17.0. The van der Waals surface area contributed by atoms with E-state index in [4.69, 9.17) is 0 Å². The topological polar surface area (TPSA) is 84.3 Å². The third-order valence-electron chi connectivity index (χ3n) is 5.71. The van der Waals surface area contributed by atoms with Crippen molar-refractivity contribution >= 4 is 15.9 Å². The lowest BCUT2D eigenvalue weighted by Crippen LogP contribution is -2.45. The molecule has 1 fully saturated rings. The van der Waals surface area contributed by atoms with E-state index in [9.17, 15) is 17.6 Å². The van der Waals surface area contributed by atoms with Crippen molar-refractivity contribution in [3.63, 3.8) is 0 Å². The number of hydrogen-bond donors (Lipinski definition) is 1. The Morgan fingerprint density at radius 2 is 1.88 bits per heavy atom. The molecule has 0 bridgehead atoms. The van der Waals surface area contributed by atoms with E-state index in [-0.39, 0.29) is 17.3 Å². The Labute approximate surface area is 186 Å². The van der Waals surface area contributed by atoms with Gasteiger partial charge in [-0.15, -0.1) is 0 Å². The van der Waals surface area contributed by atoms with Crippen LogP contribution < -0.4 is 5.32 Å². The zero-order valence-corrected chi connectivity index (χ0v) is 18.6. The third-order valence-corrected chi connectivity index (χ3v) is 7.59. The van der Waals surface area contributed by atoms with Crippen LogP contribution >= 0.6 is 0 Å². The van der Waals surface area contributed by atoms with E-state index >= 15 is 0 Å². The van der Waals surface area contributed by atoms with Crippen molar-refractivity contribution in [3.8, 4) is 5.69 Å². The number of nitrogens with one attached hydrogen (secondary N) is 1. The second-order valence-electron chi connectivity index (χ2n) is 7.88. The van der Waals surface area contributed by atoms with E-state index in [2.05, 4.69) is 10.3 Å². The number of sulfonamides is 1. The van der Waals surface area contributed by atoms with E-state index in [1.54, 1.807) is 6.20 Å². The molecule has 2 aromatic carbocycles. The second kappa shape index (κ2) is 9.22. The van der Waals surface area contributed by atoms with Crippen molar-refractivity contribution in [3.05, 3.63) is 78.1 Å². The lowest BCUT2D eigenvalue weighted by atomic mass is 9.99. The monoisotopic (exact) mass is 456 g/mol. The van der Waals surface area contributed by atoms with Crippen LogP contribution in [0.4, 0.5) is 4.39 Å². The molecule has 7 nitrogen and oxygen atoms in total. The molecule has 0 radical (unpaired) electrons. The standard InChI is InChI=1S/C23H25FN4O3S/c1-17-25-12-14-28(17)21-8-4-18(5-9-21)15-26-23(29)19-3-2-13-27(16-19)32(30,31)22-10-6-20(24)7-11-22/h4-12,14,19H,2-3,13,15-16H2,1H3,(H,26,29). The molecule has 2 heterocycles. The fraction of sp³-hybridized carbons (Fsp3) is 0.304. The van der Waals surface area contributed by atoms with Gasteiger partial charge in [0.25, 0.3) is 0 Å². The number of hydrogen-bond acceptors (Lipinski definition) is 4. The highest BCUT2D eigenvalue weighted by Gasteiger charge is 2.33. The Hall–Kier alpha value is -3.04. The van der Waals surface area contributed by atoms with E-state index < -0.39 is 21.8 Å². The molecule has 9 heteroatoms. The van der Waals surface area contributed by atoms with Crippen LogP contribution in [0.25, 0.3) is 5.69 Å². The van der Waals surface area contributed by atoms with Crippen LogP contribution in [0.5, 0.6) is 0 Å². The number of carbonyl (C=O) groups is 1. The molecular formula is C23H25FN4O3S. The molecule has 0 saturated carbocycles. The smallest absolute Gasteiger partial charge is 0.243 e. The lowest BCUT2D eigenvalue weighted by molar-refractivity contribution is -0.126. The highest BCUT2D eigenvalue weighted by atomic mass is 32.2. The minimum atomic E-state index is -3.76. The van der Waals surface area contributed by atoms with Crippen molar-refractivity contribution in [1.82, 2.24) is 19.2 Å². The molecule has 4 rings (SSSR count). The van der Waals surface area contributed by atoms with Gasteiger partial charge < -0.3 is 9.88 Å². The summed E-state index contributed by atoms with van der Waals surface area (Å²) in [6.45, 7) is 2.75. The number of aromatic nitrogens is 2. The summed E-state index contributed by atoms with van der Waals surface area (Å²) in [5, 5.41) is 2.92. The Balaban J connectivity index is 1.36. The summed E-state index contributed by atoms with van der Waals surface area (Å²) in [5.41, 5.74) is 1.94. The maximum Gasteiger partial charge on any atom is 0.243 e. The number of carbonyl (C=O) groups excluding carboxylic acids is 1. The van der Waals surface area contributed by atoms with E-state index in [1.165, 1.54) is 16.4 Å². The maximum atomic E-state index is 13.2. The number of rotatable bonds is 6. The molecule has 1 aromatic heterocycles. The van der Waals surface area contributed by atoms with Gasteiger partial charge in [-0.25, -0.2) is 17.8 Å². The van der Waals surface area contributed by atoms with Gasteiger partial charge in [0.05, 0.1) is 10.8 Å². The summed E-state index contributed by atoms with van der Waals surface area (Å²) in [5.74, 6) is -0.193. The van der Waals surface area contributed by atoms with Crippen molar-refractivity contribution in [2.75, 3.05) is 13.1 Å². The van der Waals surface area contributed by atoms with Crippen LogP contribution in [-0.4, -0.2) is 41.3 Å². The van der Waals surface area contributed by atoms with Crippen LogP contribution in [0, 0.1) is 18.7 Å². The zero-order valence-electron chi connectivity index (χ0n) is 17.7. The quantitative estimate of drug-likeness (QED) is 0.618. The molecular weight excluding hydrogens is 431 g/mol. The SMILES string of the molecule is Cc1nccn1-c1ccc(CNC(=O)C2CCCN(S(=O)(=O)c3ccc(F)cc3)C2)cc1. The number of benzene rings is 2. The number of halogens is 1. The molecule has 1 amide bonds. The van der Waals surface area contributed by atoms with Crippen LogP contribution in [0.15, 0.2) is 65.8 Å². The molecule has 1 aliphatic rings. The zero-order chi connectivity index (χ0) is 22.7. The van der Waals surface area contributed by atoms with Gasteiger partial charge in [0, 0.05) is 37.7 Å². The Bertz CT molecular complexity index is 1190. The van der Waals surface area contributed by atoms with Crippen LogP contribution in [-0.2, 0) is 21.4 Å². The molecule has 1 N–H and O–H groups in total. The van der Waals surface area contributed by atoms with Gasteiger partial charge >= 0.3 is 0 Å². The molecule has 3 aromatic rings. The normalized spacial score (nSPS) is 17.2. The Kier molecular flexibility index (Phi) is 6.38. The average Bonchev–Trinajstić information content (AvgIpc) is 3.24. The average molecular weight is 457 g/mol. The molecule has 32 heavy (non-hydrogen) atoms. The number of imidazole rings is 1. The highest BCUT2D eigenvalue weighted by molar-refractivity contribution is 7.89. The van der Waals surface area contributed by atoms with Gasteiger partial charge in [0.15, 0.2) is 0 Å². The molecule has 168 valence electrons. The lowest BCUT2D eigenvalue weighted by Gasteiger charge is -2.31. The predicted octanol–water partition coefficient (Wildman–Crippen LogP) is 3.04. The first-order valence-corrected chi connectivity index (χ1v) is 11.9. The van der Waals surface area contributed by atoms with Crippen LogP contribution in [0.1, 0.15) is 24.2 Å². The van der Waals surface area contributed by atoms with Gasteiger partial charge in [-0.1, -0.05) is 12.1 Å². The van der Waals surface area contributed by atoms with Gasteiger partial charge in [0.2, 0.25) is 15.9 Å². The molecule has 1 saturated heterocycles. The summed E-state index contributed by atoms with van der Waals surface area (Å²) < 4.78 is 42.2. The number of nitrogens with zero attached hydrogens (tertiary/aromatic N) is 3. The van der Waals surface area contributed by atoms with Gasteiger partial charge in [-0.2, -0.15) is 4.31 Å². The number of piperidine rings is 1. The maximum absolute atomic E-state index is 13.2. The largest absolute Gasteiger partial charge is 0.352 e. The summed E-state index contributed by atoms with van der Waals surface area (Å²) in [6, 6.07) is 12.6. The first kappa shape index (κ1) is 22.2. The fourth-order valence-electron chi connectivity index (χ4n) is 3.89. The van der Waals surface area contributed by atoms with Crippen molar-refractivity contribution in [2.24, 2.45) is 5.92 Å². The third kappa shape index (κ3) is 4.73. The minimum absolute atomic E-state index is 0.0353.